The summed E-state index contributed by atoms with van der Waals surface area (Å²) in [4.78, 5) is 20.7. The molecule has 3 rings (SSSR count). The van der Waals surface area contributed by atoms with E-state index in [1.165, 1.54) is 12.1 Å². The molecule has 0 saturated heterocycles. The molecule has 23 heavy (non-hydrogen) atoms. The zero-order valence-corrected chi connectivity index (χ0v) is 12.5. The molecule has 118 valence electrons. The number of rotatable bonds is 5. The van der Waals surface area contributed by atoms with Crippen molar-refractivity contribution < 1.29 is 13.9 Å². The number of benzene rings is 1. The zero-order valence-electron chi connectivity index (χ0n) is 12.5. The first-order valence-corrected chi connectivity index (χ1v) is 7.06. The number of aromatic nitrogens is 3. The lowest BCUT2D eigenvalue weighted by molar-refractivity contribution is 0.0932. The number of fused-ring (bicyclic) bond motifs is 1. The molecule has 0 radical (unpaired) electrons. The van der Waals surface area contributed by atoms with E-state index in [2.05, 4.69) is 15.3 Å². The molecule has 0 unspecified atom stereocenters. The molecular formula is C16H15FN4O2. The standard InChI is InChI=1S/C16H15FN4O2/c1-23-9-7-19-16(22)13-10-21-8-6-18-14(15(21)20-13)11-2-4-12(17)5-3-11/h2-6,8,10H,7,9H2,1H3,(H,19,22). The van der Waals surface area contributed by atoms with Crippen molar-refractivity contribution in [1.29, 1.82) is 0 Å². The van der Waals surface area contributed by atoms with Gasteiger partial charge in [0, 0.05) is 37.8 Å². The van der Waals surface area contributed by atoms with Crippen molar-refractivity contribution in [2.24, 2.45) is 0 Å². The van der Waals surface area contributed by atoms with Gasteiger partial charge in [-0.3, -0.25) is 9.78 Å². The van der Waals surface area contributed by atoms with Gasteiger partial charge in [0.15, 0.2) is 5.65 Å². The summed E-state index contributed by atoms with van der Waals surface area (Å²) in [5, 5.41) is 2.72. The minimum absolute atomic E-state index is 0.282. The lowest BCUT2D eigenvalue weighted by Gasteiger charge is -2.02. The van der Waals surface area contributed by atoms with Crippen LogP contribution >= 0.6 is 0 Å². The fourth-order valence-electron chi connectivity index (χ4n) is 2.20. The van der Waals surface area contributed by atoms with E-state index < -0.39 is 0 Å². The number of hydrogen-bond acceptors (Lipinski definition) is 4. The van der Waals surface area contributed by atoms with Gasteiger partial charge in [-0.25, -0.2) is 9.37 Å². The minimum Gasteiger partial charge on any atom is -0.383 e. The molecular weight excluding hydrogens is 299 g/mol. The van der Waals surface area contributed by atoms with Crippen LogP contribution in [0.4, 0.5) is 4.39 Å². The van der Waals surface area contributed by atoms with E-state index in [0.717, 1.165) is 5.56 Å². The molecule has 1 N–H and O–H groups in total. The van der Waals surface area contributed by atoms with Gasteiger partial charge in [0.25, 0.3) is 5.91 Å². The van der Waals surface area contributed by atoms with Crippen LogP contribution in [-0.4, -0.2) is 40.5 Å². The average Bonchev–Trinajstić information content (AvgIpc) is 3.00. The Bertz CT molecular complexity index is 830. The molecule has 0 saturated carbocycles. The van der Waals surface area contributed by atoms with Gasteiger partial charge in [0.2, 0.25) is 0 Å². The van der Waals surface area contributed by atoms with E-state index in [0.29, 0.717) is 24.5 Å². The molecule has 0 aliphatic heterocycles. The van der Waals surface area contributed by atoms with Crippen molar-refractivity contribution in [1.82, 2.24) is 19.7 Å². The van der Waals surface area contributed by atoms with Gasteiger partial charge in [-0.05, 0) is 24.3 Å². The molecule has 7 heteroatoms. The number of amides is 1. The second kappa shape index (κ2) is 6.53. The molecule has 0 bridgehead atoms. The van der Waals surface area contributed by atoms with Crippen LogP contribution in [0.25, 0.3) is 16.9 Å². The highest BCUT2D eigenvalue weighted by atomic mass is 19.1. The Morgan fingerprint density at radius 3 is 2.87 bits per heavy atom. The Balaban J connectivity index is 1.95. The summed E-state index contributed by atoms with van der Waals surface area (Å²) in [5.74, 6) is -0.599. The number of ether oxygens (including phenoxy) is 1. The summed E-state index contributed by atoms with van der Waals surface area (Å²) in [6.07, 6.45) is 4.95. The van der Waals surface area contributed by atoms with Crippen LogP contribution in [0.3, 0.4) is 0 Å². The van der Waals surface area contributed by atoms with Crippen molar-refractivity contribution in [3.63, 3.8) is 0 Å². The second-order valence-corrected chi connectivity index (χ2v) is 4.89. The van der Waals surface area contributed by atoms with Gasteiger partial charge in [-0.2, -0.15) is 0 Å². The number of hydrogen-bond donors (Lipinski definition) is 1. The number of carbonyl (C=O) groups excluding carboxylic acids is 1. The number of nitrogens with one attached hydrogen (secondary N) is 1. The third kappa shape index (κ3) is 3.19. The van der Waals surface area contributed by atoms with Crippen LogP contribution < -0.4 is 5.32 Å². The lowest BCUT2D eigenvalue weighted by Crippen LogP contribution is -2.27. The molecule has 2 heterocycles. The normalized spacial score (nSPS) is 10.9. The first kappa shape index (κ1) is 15.1. The number of halogens is 1. The van der Waals surface area contributed by atoms with E-state index in [4.69, 9.17) is 4.74 Å². The molecule has 0 fully saturated rings. The molecule has 0 aliphatic rings. The molecule has 3 aromatic rings. The maximum atomic E-state index is 13.1. The molecule has 2 aromatic heterocycles. The summed E-state index contributed by atoms with van der Waals surface area (Å²) >= 11 is 0. The maximum absolute atomic E-state index is 13.1. The SMILES string of the molecule is COCCNC(=O)c1cn2ccnc(-c3ccc(F)cc3)c2n1. The second-order valence-electron chi connectivity index (χ2n) is 4.89. The van der Waals surface area contributed by atoms with Gasteiger partial charge < -0.3 is 14.5 Å². The van der Waals surface area contributed by atoms with Crippen LogP contribution in [-0.2, 0) is 4.74 Å². The first-order valence-electron chi connectivity index (χ1n) is 7.06. The highest BCUT2D eigenvalue weighted by Gasteiger charge is 2.14. The van der Waals surface area contributed by atoms with Crippen LogP contribution in [0.2, 0.25) is 0 Å². The summed E-state index contributed by atoms with van der Waals surface area (Å²) in [6, 6.07) is 5.99. The predicted octanol–water partition coefficient (Wildman–Crippen LogP) is 1.91. The monoisotopic (exact) mass is 314 g/mol. The van der Waals surface area contributed by atoms with Crippen LogP contribution in [0.5, 0.6) is 0 Å². The molecule has 1 aromatic carbocycles. The van der Waals surface area contributed by atoms with E-state index in [1.54, 1.807) is 42.2 Å². The average molecular weight is 314 g/mol. The third-order valence-corrected chi connectivity index (χ3v) is 3.32. The fraction of sp³-hybridized carbons (Fsp3) is 0.188. The molecule has 1 amide bonds. The summed E-state index contributed by atoms with van der Waals surface area (Å²) in [7, 11) is 1.57. The summed E-state index contributed by atoms with van der Waals surface area (Å²) < 4.78 is 19.7. The van der Waals surface area contributed by atoms with Gasteiger partial charge in [0.1, 0.15) is 17.2 Å². The lowest BCUT2D eigenvalue weighted by atomic mass is 10.1. The molecule has 0 atom stereocenters. The van der Waals surface area contributed by atoms with Crippen molar-refractivity contribution in [3.05, 3.63) is 54.4 Å². The Morgan fingerprint density at radius 1 is 1.35 bits per heavy atom. The van der Waals surface area contributed by atoms with E-state index in [-0.39, 0.29) is 17.4 Å². The van der Waals surface area contributed by atoms with Crippen molar-refractivity contribution in [2.45, 2.75) is 0 Å². The first-order chi connectivity index (χ1) is 11.2. The van der Waals surface area contributed by atoms with Gasteiger partial charge >= 0.3 is 0 Å². The van der Waals surface area contributed by atoms with Crippen LogP contribution in [0.15, 0.2) is 42.9 Å². The number of nitrogens with zero attached hydrogens (tertiary/aromatic N) is 3. The van der Waals surface area contributed by atoms with E-state index >= 15 is 0 Å². The third-order valence-electron chi connectivity index (χ3n) is 3.32. The van der Waals surface area contributed by atoms with Crippen molar-refractivity contribution in [3.8, 4) is 11.3 Å². The van der Waals surface area contributed by atoms with Crippen LogP contribution in [0, 0.1) is 5.82 Å². The quantitative estimate of drug-likeness (QED) is 0.731. The highest BCUT2D eigenvalue weighted by Crippen LogP contribution is 2.22. The van der Waals surface area contributed by atoms with E-state index in [1.807, 2.05) is 0 Å². The van der Waals surface area contributed by atoms with Gasteiger partial charge in [-0.1, -0.05) is 0 Å². The Morgan fingerprint density at radius 2 is 2.13 bits per heavy atom. The zero-order chi connectivity index (χ0) is 16.2. The Kier molecular flexibility index (Phi) is 4.29. The minimum atomic E-state index is -0.317. The van der Waals surface area contributed by atoms with Gasteiger partial charge in [-0.15, -0.1) is 0 Å². The van der Waals surface area contributed by atoms with E-state index in [9.17, 15) is 9.18 Å². The highest BCUT2D eigenvalue weighted by molar-refractivity contribution is 5.93. The Hall–Kier alpha value is -2.80. The fourth-order valence-corrected chi connectivity index (χ4v) is 2.20. The molecule has 0 aliphatic carbocycles. The number of methoxy groups -OCH3 is 1. The van der Waals surface area contributed by atoms with Crippen molar-refractivity contribution in [2.75, 3.05) is 20.3 Å². The number of imidazole rings is 1. The summed E-state index contributed by atoms with van der Waals surface area (Å²) in [6.45, 7) is 0.841. The Labute approximate surface area is 131 Å². The smallest absolute Gasteiger partial charge is 0.271 e. The van der Waals surface area contributed by atoms with Crippen LogP contribution in [0.1, 0.15) is 10.5 Å². The molecule has 0 spiro atoms. The molecule has 6 nitrogen and oxygen atoms in total. The predicted molar refractivity (Wildman–Crippen MR) is 82.6 cm³/mol. The maximum Gasteiger partial charge on any atom is 0.271 e. The van der Waals surface area contributed by atoms with Crippen molar-refractivity contribution >= 4 is 11.6 Å². The summed E-state index contributed by atoms with van der Waals surface area (Å²) in [5.41, 5.74) is 2.14. The number of carbonyl (C=O) groups is 1. The topological polar surface area (TPSA) is 68.5 Å². The largest absolute Gasteiger partial charge is 0.383 e. The van der Waals surface area contributed by atoms with Gasteiger partial charge in [0.05, 0.1) is 6.61 Å².